The number of rotatable bonds is 8. The number of piperazine rings is 1. The van der Waals surface area contributed by atoms with Crippen LogP contribution in [0.2, 0.25) is 5.15 Å². The fourth-order valence-corrected chi connectivity index (χ4v) is 6.47. The van der Waals surface area contributed by atoms with E-state index < -0.39 is 0 Å². The van der Waals surface area contributed by atoms with Crippen molar-refractivity contribution >= 4 is 46.7 Å². The Morgan fingerprint density at radius 3 is 2.56 bits per heavy atom. The summed E-state index contributed by atoms with van der Waals surface area (Å²) >= 11 is 7.92. The van der Waals surface area contributed by atoms with Gasteiger partial charge in [0, 0.05) is 62.3 Å². The summed E-state index contributed by atoms with van der Waals surface area (Å²) in [6, 6.07) is 18.0. The lowest BCUT2D eigenvalue weighted by Crippen LogP contribution is -2.47. The molecule has 1 aromatic heterocycles. The predicted octanol–water partition coefficient (Wildman–Crippen LogP) is 5.47. The number of esters is 1. The summed E-state index contributed by atoms with van der Waals surface area (Å²) in [6.07, 6.45) is 1.55. The van der Waals surface area contributed by atoms with Crippen molar-refractivity contribution < 1.29 is 14.3 Å². The first-order valence-electron chi connectivity index (χ1n) is 14.2. The Balaban J connectivity index is 1.19. The van der Waals surface area contributed by atoms with Crippen LogP contribution in [0, 0.1) is 12.8 Å². The van der Waals surface area contributed by atoms with E-state index in [1.165, 1.54) is 23.0 Å². The van der Waals surface area contributed by atoms with Crippen molar-refractivity contribution in [1.82, 2.24) is 14.9 Å². The summed E-state index contributed by atoms with van der Waals surface area (Å²) in [5, 5.41) is 1.03. The molecule has 41 heavy (non-hydrogen) atoms. The number of carbonyl (C=O) groups is 2. The summed E-state index contributed by atoms with van der Waals surface area (Å²) in [5.74, 6) is 0.905. The Morgan fingerprint density at radius 1 is 1.00 bits per heavy atom. The number of aryl methyl sites for hydroxylation is 1. The zero-order valence-electron chi connectivity index (χ0n) is 23.6. The first kappa shape index (κ1) is 29.2. The molecule has 0 N–H and O–H groups in total. The van der Waals surface area contributed by atoms with Gasteiger partial charge in [-0.05, 0) is 56.0 Å². The molecule has 2 fully saturated rings. The standard InChI is InChI=1S/C31H36ClN5O3S/c1-3-40-30(39)25-11-7-13-37(20-25)29(38)24-10-6-9-23(18-24)21-41-31-33-27(32)19-28(34-31)36-16-14-35(15-17-36)26-12-5-4-8-22(26)2/h4-6,8-10,12,18-19,25H,3,7,11,13-17,20-21H2,1-2H3. The second-order valence-electron chi connectivity index (χ2n) is 10.4. The van der Waals surface area contributed by atoms with E-state index in [1.807, 2.05) is 30.3 Å². The Bertz CT molecular complexity index is 1380. The lowest BCUT2D eigenvalue weighted by Gasteiger charge is -2.37. The first-order chi connectivity index (χ1) is 19.9. The SMILES string of the molecule is CCOC(=O)C1CCCN(C(=O)c2cccc(CSc3nc(Cl)cc(N4CCN(c5ccccc5C)CC4)n3)c2)C1. The number of hydrogen-bond acceptors (Lipinski definition) is 8. The second kappa shape index (κ2) is 13.6. The normalized spacial score (nSPS) is 17.4. The highest BCUT2D eigenvalue weighted by Gasteiger charge is 2.30. The van der Waals surface area contributed by atoms with Gasteiger partial charge in [-0.1, -0.05) is 53.7 Å². The zero-order chi connectivity index (χ0) is 28.8. The molecule has 2 aliphatic heterocycles. The largest absolute Gasteiger partial charge is 0.466 e. The zero-order valence-corrected chi connectivity index (χ0v) is 25.2. The molecule has 5 rings (SSSR count). The molecule has 0 saturated carbocycles. The van der Waals surface area contributed by atoms with Gasteiger partial charge in [0.2, 0.25) is 0 Å². The number of ether oxygens (including phenoxy) is 1. The molecule has 2 saturated heterocycles. The maximum Gasteiger partial charge on any atom is 0.310 e. The van der Waals surface area contributed by atoms with Gasteiger partial charge in [0.05, 0.1) is 12.5 Å². The molecule has 0 radical (unpaired) electrons. The number of thioether (sulfide) groups is 1. The summed E-state index contributed by atoms with van der Waals surface area (Å²) in [5.41, 5.74) is 4.18. The van der Waals surface area contributed by atoms with Gasteiger partial charge in [-0.15, -0.1) is 0 Å². The quantitative estimate of drug-likeness (QED) is 0.147. The molecule has 1 unspecified atom stereocenters. The van der Waals surface area contributed by atoms with Gasteiger partial charge in [0.15, 0.2) is 5.16 Å². The van der Waals surface area contributed by atoms with Crippen LogP contribution in [0.1, 0.15) is 41.3 Å². The fourth-order valence-electron chi connectivity index (χ4n) is 5.45. The number of likely N-dealkylation sites (tertiary alicyclic amines) is 1. The molecule has 0 aliphatic carbocycles. The van der Waals surface area contributed by atoms with Crippen molar-refractivity contribution in [2.75, 3.05) is 55.7 Å². The van der Waals surface area contributed by atoms with Crippen LogP contribution in [0.4, 0.5) is 11.5 Å². The third kappa shape index (κ3) is 7.32. The molecule has 3 aromatic rings. The molecular weight excluding hydrogens is 558 g/mol. The van der Waals surface area contributed by atoms with Crippen molar-refractivity contribution in [3.8, 4) is 0 Å². The minimum Gasteiger partial charge on any atom is -0.466 e. The summed E-state index contributed by atoms with van der Waals surface area (Å²) in [4.78, 5) is 41.2. The van der Waals surface area contributed by atoms with Crippen LogP contribution < -0.4 is 9.80 Å². The number of benzene rings is 2. The summed E-state index contributed by atoms with van der Waals surface area (Å²) < 4.78 is 5.18. The lowest BCUT2D eigenvalue weighted by atomic mass is 9.97. The molecule has 2 aromatic carbocycles. The maximum atomic E-state index is 13.3. The van der Waals surface area contributed by atoms with Crippen LogP contribution in [-0.4, -0.2) is 72.6 Å². The van der Waals surface area contributed by atoms with Gasteiger partial charge in [-0.2, -0.15) is 0 Å². The van der Waals surface area contributed by atoms with E-state index in [-0.39, 0.29) is 17.8 Å². The van der Waals surface area contributed by atoms with Crippen LogP contribution >= 0.6 is 23.4 Å². The van der Waals surface area contributed by atoms with Crippen LogP contribution in [-0.2, 0) is 15.3 Å². The van der Waals surface area contributed by atoms with Gasteiger partial charge in [-0.3, -0.25) is 9.59 Å². The van der Waals surface area contributed by atoms with Crippen molar-refractivity contribution in [2.24, 2.45) is 5.92 Å². The molecule has 10 heteroatoms. The van der Waals surface area contributed by atoms with Crippen LogP contribution in [0.15, 0.2) is 59.8 Å². The Hall–Kier alpha value is -3.30. The minimum absolute atomic E-state index is 0.0584. The molecule has 216 valence electrons. The highest BCUT2D eigenvalue weighted by molar-refractivity contribution is 7.98. The lowest BCUT2D eigenvalue weighted by molar-refractivity contribution is -0.149. The van der Waals surface area contributed by atoms with Crippen molar-refractivity contribution in [2.45, 2.75) is 37.6 Å². The Kier molecular flexibility index (Phi) is 9.67. The van der Waals surface area contributed by atoms with E-state index in [1.54, 1.807) is 11.8 Å². The highest BCUT2D eigenvalue weighted by atomic mass is 35.5. The van der Waals surface area contributed by atoms with Crippen LogP contribution in [0.25, 0.3) is 0 Å². The number of anilines is 2. The monoisotopic (exact) mass is 593 g/mol. The van der Waals surface area contributed by atoms with Crippen LogP contribution in [0.3, 0.4) is 0 Å². The third-order valence-electron chi connectivity index (χ3n) is 7.59. The summed E-state index contributed by atoms with van der Waals surface area (Å²) in [6.45, 7) is 8.87. The molecular formula is C31H36ClN5O3S. The fraction of sp³-hybridized carbons (Fsp3) is 0.419. The third-order valence-corrected chi connectivity index (χ3v) is 8.70. The number of hydrogen-bond donors (Lipinski definition) is 0. The van der Waals surface area contributed by atoms with Crippen LogP contribution in [0.5, 0.6) is 0 Å². The number of piperidine rings is 1. The number of amides is 1. The number of halogens is 1. The van der Waals surface area contributed by atoms with E-state index >= 15 is 0 Å². The minimum atomic E-state index is -0.258. The maximum absolute atomic E-state index is 13.3. The van der Waals surface area contributed by atoms with Crippen molar-refractivity contribution in [1.29, 1.82) is 0 Å². The van der Waals surface area contributed by atoms with Gasteiger partial charge >= 0.3 is 5.97 Å². The highest BCUT2D eigenvalue weighted by Crippen LogP contribution is 2.28. The van der Waals surface area contributed by atoms with E-state index in [0.717, 1.165) is 50.4 Å². The number of aromatic nitrogens is 2. The average Bonchev–Trinajstić information content (AvgIpc) is 3.00. The van der Waals surface area contributed by atoms with E-state index in [4.69, 9.17) is 21.3 Å². The number of nitrogens with zero attached hydrogens (tertiary/aromatic N) is 5. The van der Waals surface area contributed by atoms with Crippen molar-refractivity contribution in [3.63, 3.8) is 0 Å². The van der Waals surface area contributed by atoms with E-state index in [0.29, 0.717) is 41.3 Å². The molecule has 0 bridgehead atoms. The van der Waals surface area contributed by atoms with E-state index in [9.17, 15) is 9.59 Å². The Labute approximate surface area is 251 Å². The van der Waals surface area contributed by atoms with Gasteiger partial charge in [-0.25, -0.2) is 9.97 Å². The number of carbonyl (C=O) groups excluding carboxylic acids is 2. The molecule has 0 spiro atoms. The molecule has 3 heterocycles. The van der Waals surface area contributed by atoms with Gasteiger partial charge < -0.3 is 19.4 Å². The molecule has 1 amide bonds. The summed E-state index contributed by atoms with van der Waals surface area (Å²) in [7, 11) is 0. The number of para-hydroxylation sites is 1. The molecule has 2 aliphatic rings. The predicted molar refractivity (Wildman–Crippen MR) is 164 cm³/mol. The second-order valence-corrected chi connectivity index (χ2v) is 11.8. The van der Waals surface area contributed by atoms with Crippen molar-refractivity contribution in [3.05, 3.63) is 76.4 Å². The van der Waals surface area contributed by atoms with Gasteiger partial charge in [0.1, 0.15) is 11.0 Å². The van der Waals surface area contributed by atoms with Gasteiger partial charge in [0.25, 0.3) is 5.91 Å². The average molecular weight is 594 g/mol. The molecule has 1 atom stereocenters. The molecule has 8 nitrogen and oxygen atoms in total. The smallest absolute Gasteiger partial charge is 0.310 e. The van der Waals surface area contributed by atoms with E-state index in [2.05, 4.69) is 46.0 Å². The Morgan fingerprint density at radius 2 is 1.78 bits per heavy atom. The topological polar surface area (TPSA) is 78.9 Å². The first-order valence-corrected chi connectivity index (χ1v) is 15.6.